The highest BCUT2D eigenvalue weighted by atomic mass is 35.5. The maximum absolute atomic E-state index is 12.9. The van der Waals surface area contributed by atoms with Crippen molar-refractivity contribution in [3.05, 3.63) is 130 Å². The maximum atomic E-state index is 12.9. The van der Waals surface area contributed by atoms with Gasteiger partial charge in [-0.3, -0.25) is 0 Å². The molecule has 0 amide bonds. The number of benzene rings is 4. The van der Waals surface area contributed by atoms with Gasteiger partial charge < -0.3 is 20.7 Å². The second kappa shape index (κ2) is 11.6. The number of aliphatic hydroxyl groups is 1. The molecule has 1 aliphatic heterocycles. The Labute approximate surface area is 247 Å². The Bertz CT molecular complexity index is 1780. The standard InChI is InChI=1S/C30H25ClN4O6S/c31-23-12-16-25(17-13-23)42(39,40)34-29(32)35-19-30(38,22-7-2-1-3-8-22)27(33-35)20-10-14-24(15-11-20)41-18-21-6-4-5-9-26(21)28(36)37/h1-17,38H,18-19H2,(H2,32,34)(H,36,37). The zero-order chi connectivity index (χ0) is 29.9. The number of sulfonamides is 1. The summed E-state index contributed by atoms with van der Waals surface area (Å²) in [5, 5.41) is 27.3. The molecular weight excluding hydrogens is 580 g/mol. The van der Waals surface area contributed by atoms with Gasteiger partial charge in [-0.25, -0.2) is 9.80 Å². The van der Waals surface area contributed by atoms with E-state index in [1.165, 1.54) is 30.3 Å². The number of halogens is 1. The Balaban J connectivity index is 1.44. The molecule has 4 N–H and O–H groups in total. The fraction of sp³-hybridized carbons (Fsp3) is 0.100. The van der Waals surface area contributed by atoms with Gasteiger partial charge in [-0.05, 0) is 60.2 Å². The van der Waals surface area contributed by atoms with Gasteiger partial charge in [-0.15, -0.1) is 4.40 Å². The first-order valence-electron chi connectivity index (χ1n) is 12.6. The van der Waals surface area contributed by atoms with Crippen LogP contribution in [0.25, 0.3) is 0 Å². The van der Waals surface area contributed by atoms with Crippen molar-refractivity contribution >= 4 is 39.3 Å². The molecule has 0 fully saturated rings. The molecule has 0 aliphatic carbocycles. The highest BCUT2D eigenvalue weighted by molar-refractivity contribution is 7.90. The molecule has 1 heterocycles. The second-order valence-corrected chi connectivity index (χ2v) is 11.4. The summed E-state index contributed by atoms with van der Waals surface area (Å²) >= 11 is 5.87. The molecule has 1 aliphatic rings. The molecule has 0 saturated heterocycles. The van der Waals surface area contributed by atoms with Crippen LogP contribution < -0.4 is 10.5 Å². The monoisotopic (exact) mass is 604 g/mol. The molecule has 0 radical (unpaired) electrons. The number of hydrogen-bond donors (Lipinski definition) is 3. The SMILES string of the molecule is N/C(=N\S(=O)(=O)c1ccc(Cl)cc1)N1CC(O)(c2ccccc2)C(c2ccc(OCc3ccccc3C(=O)O)cc2)=N1. The largest absolute Gasteiger partial charge is 0.489 e. The lowest BCUT2D eigenvalue weighted by Crippen LogP contribution is -2.42. The molecule has 4 aromatic rings. The number of guanidine groups is 1. The van der Waals surface area contributed by atoms with E-state index in [1.807, 2.05) is 0 Å². The number of carboxylic acid groups (broad SMARTS) is 1. The van der Waals surface area contributed by atoms with E-state index in [4.69, 9.17) is 22.1 Å². The highest BCUT2D eigenvalue weighted by Crippen LogP contribution is 2.34. The predicted octanol–water partition coefficient (Wildman–Crippen LogP) is 4.23. The lowest BCUT2D eigenvalue weighted by atomic mass is 9.86. The molecule has 0 saturated carbocycles. The first kappa shape index (κ1) is 28.8. The average molecular weight is 605 g/mol. The van der Waals surface area contributed by atoms with Gasteiger partial charge in [0.15, 0.2) is 5.60 Å². The summed E-state index contributed by atoms with van der Waals surface area (Å²) in [6, 6.07) is 27.6. The van der Waals surface area contributed by atoms with Gasteiger partial charge in [-0.2, -0.15) is 13.5 Å². The van der Waals surface area contributed by atoms with E-state index in [0.717, 1.165) is 5.01 Å². The van der Waals surface area contributed by atoms with E-state index < -0.39 is 27.6 Å². The van der Waals surface area contributed by atoms with E-state index in [1.54, 1.807) is 72.8 Å². The topological polar surface area (TPSA) is 155 Å². The van der Waals surface area contributed by atoms with Crippen molar-refractivity contribution in [3.8, 4) is 5.75 Å². The van der Waals surface area contributed by atoms with Crippen LogP contribution in [0.2, 0.25) is 5.02 Å². The van der Waals surface area contributed by atoms with Crippen molar-refractivity contribution in [3.63, 3.8) is 0 Å². The normalized spacial score (nSPS) is 17.1. The fourth-order valence-electron chi connectivity index (χ4n) is 4.46. The van der Waals surface area contributed by atoms with Crippen LogP contribution in [-0.4, -0.2) is 47.8 Å². The number of rotatable bonds is 8. The Hall–Kier alpha value is -4.71. The first-order chi connectivity index (χ1) is 20.1. The Morgan fingerprint density at radius 3 is 2.29 bits per heavy atom. The Kier molecular flexibility index (Phi) is 7.99. The van der Waals surface area contributed by atoms with Crippen molar-refractivity contribution in [2.24, 2.45) is 15.2 Å². The quantitative estimate of drug-likeness (QED) is 0.199. The highest BCUT2D eigenvalue weighted by Gasteiger charge is 2.44. The van der Waals surface area contributed by atoms with Crippen LogP contribution in [0.5, 0.6) is 5.75 Å². The predicted molar refractivity (Wildman–Crippen MR) is 158 cm³/mol. The minimum Gasteiger partial charge on any atom is -0.489 e. The van der Waals surface area contributed by atoms with Gasteiger partial charge in [0, 0.05) is 16.1 Å². The minimum absolute atomic E-state index is 0.0413. The third kappa shape index (κ3) is 5.98. The minimum atomic E-state index is -4.18. The number of β-amino-alcohol motifs (C(OH)–C–C–N with tert-alkyl or cyclic N) is 1. The molecular formula is C30H25ClN4O6S. The lowest BCUT2D eigenvalue weighted by Gasteiger charge is -2.25. The molecule has 0 spiro atoms. The number of hydrogen-bond acceptors (Lipinski definition) is 6. The Morgan fingerprint density at radius 1 is 0.976 bits per heavy atom. The fourth-order valence-corrected chi connectivity index (χ4v) is 5.51. The Morgan fingerprint density at radius 2 is 1.62 bits per heavy atom. The van der Waals surface area contributed by atoms with Crippen molar-refractivity contribution < 1.29 is 28.2 Å². The van der Waals surface area contributed by atoms with Gasteiger partial charge in [-0.1, -0.05) is 60.1 Å². The number of hydrazone groups is 1. The summed E-state index contributed by atoms with van der Waals surface area (Å²) in [5.41, 5.74) is 6.39. The molecule has 1 atom stereocenters. The number of nitrogens with zero attached hydrogens (tertiary/aromatic N) is 3. The summed E-state index contributed by atoms with van der Waals surface area (Å²) in [7, 11) is -4.18. The third-order valence-corrected chi connectivity index (χ3v) is 8.15. The van der Waals surface area contributed by atoms with Gasteiger partial charge in [0.1, 0.15) is 18.1 Å². The number of carbonyl (C=O) groups is 1. The molecule has 42 heavy (non-hydrogen) atoms. The molecule has 214 valence electrons. The first-order valence-corrected chi connectivity index (χ1v) is 14.4. The summed E-state index contributed by atoms with van der Waals surface area (Å²) < 4.78 is 35.3. The van der Waals surface area contributed by atoms with Gasteiger partial charge in [0.2, 0.25) is 5.96 Å². The van der Waals surface area contributed by atoms with Crippen molar-refractivity contribution in [2.75, 3.05) is 6.54 Å². The van der Waals surface area contributed by atoms with Crippen LogP contribution in [0.3, 0.4) is 0 Å². The molecule has 0 aromatic heterocycles. The van der Waals surface area contributed by atoms with Gasteiger partial charge in [0.25, 0.3) is 10.0 Å². The zero-order valence-electron chi connectivity index (χ0n) is 22.0. The van der Waals surface area contributed by atoms with Crippen LogP contribution in [0.1, 0.15) is 27.0 Å². The number of aromatic carboxylic acids is 1. The van der Waals surface area contributed by atoms with Crippen LogP contribution in [0, 0.1) is 0 Å². The van der Waals surface area contributed by atoms with E-state index in [9.17, 15) is 23.4 Å². The molecule has 0 bridgehead atoms. The molecule has 12 heteroatoms. The van der Waals surface area contributed by atoms with Crippen molar-refractivity contribution in [1.82, 2.24) is 5.01 Å². The summed E-state index contributed by atoms with van der Waals surface area (Å²) in [6.07, 6.45) is 0. The number of nitrogens with two attached hydrogens (primary N) is 1. The van der Waals surface area contributed by atoms with Crippen molar-refractivity contribution in [2.45, 2.75) is 17.1 Å². The number of ether oxygens (including phenoxy) is 1. The zero-order valence-corrected chi connectivity index (χ0v) is 23.5. The van der Waals surface area contributed by atoms with Crippen LogP contribution in [0.15, 0.2) is 118 Å². The van der Waals surface area contributed by atoms with Crippen LogP contribution in [0.4, 0.5) is 0 Å². The van der Waals surface area contributed by atoms with Gasteiger partial charge >= 0.3 is 5.97 Å². The molecule has 5 rings (SSSR count). The molecule has 4 aromatic carbocycles. The van der Waals surface area contributed by atoms with Crippen LogP contribution >= 0.6 is 11.6 Å². The van der Waals surface area contributed by atoms with E-state index in [0.29, 0.717) is 27.5 Å². The average Bonchev–Trinajstić information content (AvgIpc) is 3.35. The van der Waals surface area contributed by atoms with Crippen molar-refractivity contribution in [1.29, 1.82) is 0 Å². The van der Waals surface area contributed by atoms with E-state index in [-0.39, 0.29) is 29.3 Å². The van der Waals surface area contributed by atoms with E-state index >= 15 is 0 Å². The summed E-state index contributed by atoms with van der Waals surface area (Å²) in [4.78, 5) is 11.4. The smallest absolute Gasteiger partial charge is 0.336 e. The second-order valence-electron chi connectivity index (χ2n) is 9.39. The third-order valence-electron chi connectivity index (χ3n) is 6.60. The number of carboxylic acids is 1. The van der Waals surface area contributed by atoms with Gasteiger partial charge in [0.05, 0.1) is 17.0 Å². The summed E-state index contributed by atoms with van der Waals surface area (Å²) in [5.74, 6) is -1.00. The summed E-state index contributed by atoms with van der Waals surface area (Å²) in [6.45, 7) is -0.151. The van der Waals surface area contributed by atoms with Crippen LogP contribution in [-0.2, 0) is 22.2 Å². The maximum Gasteiger partial charge on any atom is 0.336 e. The lowest BCUT2D eigenvalue weighted by molar-refractivity contribution is 0.0694. The molecule has 10 nitrogen and oxygen atoms in total. The molecule has 1 unspecified atom stereocenters. The van der Waals surface area contributed by atoms with E-state index in [2.05, 4.69) is 9.50 Å².